The van der Waals surface area contributed by atoms with Crippen molar-refractivity contribution in [1.82, 2.24) is 0 Å². The van der Waals surface area contributed by atoms with Gasteiger partial charge in [0.1, 0.15) is 11.8 Å². The van der Waals surface area contributed by atoms with Gasteiger partial charge in [0.05, 0.1) is 17.0 Å². The molecule has 1 amide bonds. The Hall–Kier alpha value is -3.32. The zero-order valence-electron chi connectivity index (χ0n) is 16.9. The van der Waals surface area contributed by atoms with E-state index < -0.39 is 17.8 Å². The summed E-state index contributed by atoms with van der Waals surface area (Å²) in [7, 11) is 0. The molecule has 0 spiro atoms. The summed E-state index contributed by atoms with van der Waals surface area (Å²) in [5.74, 6) is -0.247. The van der Waals surface area contributed by atoms with Gasteiger partial charge in [-0.1, -0.05) is 23.7 Å². The van der Waals surface area contributed by atoms with Crippen LogP contribution < -0.4 is 5.32 Å². The SMILES string of the molecule is Cc1cc(C2=NC(Cc3ccc(C(F)(F)F)cc3)C(=O)Nc3ccc(Cl)cc32)ccc1O. The number of fused-ring (bicyclic) bond motifs is 1. The summed E-state index contributed by atoms with van der Waals surface area (Å²) in [5, 5.41) is 13.2. The Morgan fingerprint density at radius 3 is 2.44 bits per heavy atom. The molecular weight excluding hydrogens is 441 g/mol. The first-order valence-corrected chi connectivity index (χ1v) is 10.1. The minimum Gasteiger partial charge on any atom is -0.508 e. The Bertz CT molecular complexity index is 1220. The van der Waals surface area contributed by atoms with Gasteiger partial charge in [-0.3, -0.25) is 9.79 Å². The lowest BCUT2D eigenvalue weighted by molar-refractivity contribution is -0.137. The summed E-state index contributed by atoms with van der Waals surface area (Å²) in [6.07, 6.45) is -4.31. The number of nitrogens with one attached hydrogen (secondary N) is 1. The number of amides is 1. The molecule has 0 bridgehead atoms. The fourth-order valence-corrected chi connectivity index (χ4v) is 3.72. The van der Waals surface area contributed by atoms with Crippen LogP contribution in [-0.4, -0.2) is 22.8 Å². The molecule has 1 aliphatic rings. The highest BCUT2D eigenvalue weighted by atomic mass is 35.5. The van der Waals surface area contributed by atoms with Crippen molar-refractivity contribution in [3.05, 3.63) is 93.5 Å². The van der Waals surface area contributed by atoms with Gasteiger partial charge in [0.2, 0.25) is 5.91 Å². The first-order valence-electron chi connectivity index (χ1n) is 9.76. The van der Waals surface area contributed by atoms with E-state index in [0.717, 1.165) is 12.1 Å². The summed E-state index contributed by atoms with van der Waals surface area (Å²) in [4.78, 5) is 17.6. The highest BCUT2D eigenvalue weighted by Gasteiger charge is 2.31. The van der Waals surface area contributed by atoms with Crippen LogP contribution in [0.5, 0.6) is 5.75 Å². The van der Waals surface area contributed by atoms with E-state index >= 15 is 0 Å². The number of benzene rings is 3. The average Bonchev–Trinajstić information content (AvgIpc) is 2.86. The van der Waals surface area contributed by atoms with Gasteiger partial charge >= 0.3 is 6.18 Å². The van der Waals surface area contributed by atoms with Gasteiger partial charge in [-0.25, -0.2) is 0 Å². The second-order valence-electron chi connectivity index (χ2n) is 7.57. The Balaban J connectivity index is 1.77. The normalized spacial score (nSPS) is 16.1. The fraction of sp³-hybridized carbons (Fsp3) is 0.167. The number of rotatable bonds is 3. The van der Waals surface area contributed by atoms with Crippen LogP contribution in [-0.2, 0) is 17.4 Å². The number of benzodiazepines with no additional fused rings is 1. The topological polar surface area (TPSA) is 61.7 Å². The van der Waals surface area contributed by atoms with Crippen LogP contribution in [0.2, 0.25) is 5.02 Å². The van der Waals surface area contributed by atoms with E-state index in [2.05, 4.69) is 10.3 Å². The molecule has 1 aliphatic heterocycles. The van der Waals surface area contributed by atoms with Crippen molar-refractivity contribution in [1.29, 1.82) is 0 Å². The van der Waals surface area contributed by atoms with Gasteiger partial charge in [0.25, 0.3) is 0 Å². The number of carbonyl (C=O) groups is 1. The number of alkyl halides is 3. The minimum absolute atomic E-state index is 0.117. The lowest BCUT2D eigenvalue weighted by atomic mass is 9.98. The predicted molar refractivity (Wildman–Crippen MR) is 118 cm³/mol. The maximum atomic E-state index is 12.9. The number of aryl methyl sites for hydroxylation is 1. The van der Waals surface area contributed by atoms with E-state index in [-0.39, 0.29) is 18.1 Å². The van der Waals surface area contributed by atoms with Gasteiger partial charge in [-0.2, -0.15) is 13.2 Å². The zero-order valence-corrected chi connectivity index (χ0v) is 17.6. The van der Waals surface area contributed by atoms with Crippen LogP contribution in [0.15, 0.2) is 65.7 Å². The van der Waals surface area contributed by atoms with E-state index in [4.69, 9.17) is 11.6 Å². The van der Waals surface area contributed by atoms with Crippen LogP contribution in [0.25, 0.3) is 0 Å². The Morgan fingerprint density at radius 1 is 1.06 bits per heavy atom. The van der Waals surface area contributed by atoms with E-state index in [9.17, 15) is 23.1 Å². The maximum absolute atomic E-state index is 12.9. The molecule has 1 atom stereocenters. The summed E-state index contributed by atoms with van der Waals surface area (Å²) in [6, 6.07) is 13.8. The molecule has 3 aromatic rings. The van der Waals surface area contributed by atoms with E-state index in [1.54, 1.807) is 43.3 Å². The summed E-state index contributed by atoms with van der Waals surface area (Å²) < 4.78 is 38.6. The second-order valence-corrected chi connectivity index (χ2v) is 8.01. The first-order chi connectivity index (χ1) is 15.1. The van der Waals surface area contributed by atoms with E-state index in [1.807, 2.05) is 0 Å². The van der Waals surface area contributed by atoms with Crippen LogP contribution in [0.1, 0.15) is 27.8 Å². The molecule has 0 aromatic heterocycles. The quantitative estimate of drug-likeness (QED) is 0.523. The number of phenolic OH excluding ortho intramolecular Hbond substituents is 1. The molecule has 2 N–H and O–H groups in total. The highest BCUT2D eigenvalue weighted by Crippen LogP contribution is 2.31. The van der Waals surface area contributed by atoms with Crippen LogP contribution >= 0.6 is 11.6 Å². The molecule has 1 heterocycles. The van der Waals surface area contributed by atoms with Crippen molar-refractivity contribution < 1.29 is 23.1 Å². The zero-order chi connectivity index (χ0) is 23.0. The van der Waals surface area contributed by atoms with Crippen molar-refractivity contribution in [2.75, 3.05) is 5.32 Å². The smallest absolute Gasteiger partial charge is 0.416 e. The summed E-state index contributed by atoms with van der Waals surface area (Å²) in [5.41, 5.74) is 2.75. The van der Waals surface area contributed by atoms with E-state index in [1.165, 1.54) is 12.1 Å². The van der Waals surface area contributed by atoms with Crippen molar-refractivity contribution in [2.45, 2.75) is 25.6 Å². The first kappa shape index (κ1) is 21.9. The molecule has 0 fully saturated rings. The molecule has 8 heteroatoms. The Labute approximate surface area is 187 Å². The van der Waals surface area contributed by atoms with Crippen molar-refractivity contribution in [3.63, 3.8) is 0 Å². The number of carbonyl (C=O) groups excluding carboxylic acids is 1. The molecular formula is C24H18ClF3N2O2. The number of hydrogen-bond acceptors (Lipinski definition) is 3. The largest absolute Gasteiger partial charge is 0.508 e. The predicted octanol–water partition coefficient (Wildman–Crippen LogP) is 5.77. The van der Waals surface area contributed by atoms with Crippen LogP contribution in [0, 0.1) is 6.92 Å². The summed E-state index contributed by atoms with van der Waals surface area (Å²) in [6.45, 7) is 1.75. The molecule has 0 aliphatic carbocycles. The molecule has 4 rings (SSSR count). The van der Waals surface area contributed by atoms with Crippen molar-refractivity contribution in [3.8, 4) is 5.75 Å². The van der Waals surface area contributed by atoms with E-state index in [0.29, 0.717) is 38.7 Å². The highest BCUT2D eigenvalue weighted by molar-refractivity contribution is 6.32. The molecule has 0 radical (unpaired) electrons. The molecule has 1 unspecified atom stereocenters. The van der Waals surface area contributed by atoms with Gasteiger partial charge in [-0.05, 0) is 66.6 Å². The number of anilines is 1. The van der Waals surface area contributed by atoms with Crippen LogP contribution in [0.3, 0.4) is 0 Å². The number of nitrogens with zero attached hydrogens (tertiary/aromatic N) is 1. The number of halogens is 4. The maximum Gasteiger partial charge on any atom is 0.416 e. The molecule has 4 nitrogen and oxygen atoms in total. The number of phenols is 1. The minimum atomic E-state index is -4.43. The third kappa shape index (κ3) is 4.48. The monoisotopic (exact) mass is 458 g/mol. The molecule has 0 saturated carbocycles. The second kappa shape index (κ2) is 8.31. The van der Waals surface area contributed by atoms with Gasteiger partial charge in [0, 0.05) is 22.6 Å². The fourth-order valence-electron chi connectivity index (χ4n) is 3.55. The summed E-state index contributed by atoms with van der Waals surface area (Å²) >= 11 is 6.19. The third-order valence-corrected chi connectivity index (χ3v) is 5.50. The molecule has 32 heavy (non-hydrogen) atoms. The molecule has 0 saturated heterocycles. The van der Waals surface area contributed by atoms with Crippen molar-refractivity contribution >= 4 is 28.9 Å². The lowest BCUT2D eigenvalue weighted by Crippen LogP contribution is -2.27. The average molecular weight is 459 g/mol. The Kier molecular flexibility index (Phi) is 5.69. The third-order valence-electron chi connectivity index (χ3n) is 5.26. The number of aliphatic imine (C=N–C) groups is 1. The molecule has 164 valence electrons. The van der Waals surface area contributed by atoms with Crippen LogP contribution in [0.4, 0.5) is 18.9 Å². The van der Waals surface area contributed by atoms with Gasteiger partial charge in [0.15, 0.2) is 0 Å². The number of aromatic hydroxyl groups is 1. The van der Waals surface area contributed by atoms with Gasteiger partial charge < -0.3 is 10.4 Å². The number of hydrogen-bond donors (Lipinski definition) is 2. The van der Waals surface area contributed by atoms with Crippen molar-refractivity contribution in [2.24, 2.45) is 4.99 Å². The standard InChI is InChI=1S/C24H18ClF3N2O2/c1-13-10-15(4-9-21(13)31)22-18-12-17(25)7-8-19(18)30-23(32)20(29-22)11-14-2-5-16(6-3-14)24(26,27)28/h2-10,12,20,31H,11H2,1H3,(H,30,32). The van der Waals surface area contributed by atoms with Gasteiger partial charge in [-0.15, -0.1) is 0 Å². The lowest BCUT2D eigenvalue weighted by Gasteiger charge is -2.13. The molecule has 3 aromatic carbocycles. The Morgan fingerprint density at radius 2 is 1.78 bits per heavy atom.